The lowest BCUT2D eigenvalue weighted by atomic mass is 9.94. The number of fused-ring (bicyclic) bond motifs is 1. The largest absolute Gasteiger partial charge is 0.375 e. The molecule has 0 aliphatic carbocycles. The zero-order chi connectivity index (χ0) is 18.8. The minimum Gasteiger partial charge on any atom is -0.375 e. The number of carbonyl (C=O) groups is 1. The van der Waals surface area contributed by atoms with E-state index in [0.29, 0.717) is 29.8 Å². The van der Waals surface area contributed by atoms with Crippen molar-refractivity contribution in [2.45, 2.75) is 19.4 Å². The maximum Gasteiger partial charge on any atom is 0.230 e. The fourth-order valence-corrected chi connectivity index (χ4v) is 4.06. The third-order valence-electron chi connectivity index (χ3n) is 5.20. The van der Waals surface area contributed by atoms with E-state index in [9.17, 15) is 4.79 Å². The van der Waals surface area contributed by atoms with Gasteiger partial charge in [0.25, 0.3) is 0 Å². The smallest absolute Gasteiger partial charge is 0.230 e. The van der Waals surface area contributed by atoms with E-state index in [2.05, 4.69) is 9.88 Å². The maximum absolute atomic E-state index is 13.2. The highest BCUT2D eigenvalue weighted by atomic mass is 35.5. The highest BCUT2D eigenvalue weighted by Gasteiger charge is 2.31. The van der Waals surface area contributed by atoms with E-state index in [4.69, 9.17) is 27.9 Å². The van der Waals surface area contributed by atoms with E-state index in [0.717, 1.165) is 43.0 Å². The Morgan fingerprint density at radius 1 is 1.07 bits per heavy atom. The van der Waals surface area contributed by atoms with Gasteiger partial charge in [-0.05, 0) is 43.2 Å². The zero-order valence-electron chi connectivity index (χ0n) is 14.9. The zero-order valence-corrected chi connectivity index (χ0v) is 16.4. The summed E-state index contributed by atoms with van der Waals surface area (Å²) in [5, 5.41) is 1.29. The molecule has 0 spiro atoms. The van der Waals surface area contributed by atoms with Crippen LogP contribution >= 0.6 is 23.2 Å². The van der Waals surface area contributed by atoms with Crippen molar-refractivity contribution in [1.29, 1.82) is 0 Å². The number of piperidine rings is 1. The molecule has 2 aliphatic heterocycles. The minimum absolute atomic E-state index is 0.00942. The van der Waals surface area contributed by atoms with Gasteiger partial charge in [-0.25, -0.2) is 4.98 Å². The van der Waals surface area contributed by atoms with Gasteiger partial charge >= 0.3 is 0 Å². The van der Waals surface area contributed by atoms with Crippen LogP contribution in [0.4, 0.5) is 11.5 Å². The molecule has 0 radical (unpaired) electrons. The van der Waals surface area contributed by atoms with E-state index < -0.39 is 0 Å². The van der Waals surface area contributed by atoms with Crippen LogP contribution in [0.15, 0.2) is 36.5 Å². The number of anilines is 2. The Morgan fingerprint density at radius 3 is 2.59 bits per heavy atom. The summed E-state index contributed by atoms with van der Waals surface area (Å²) in [5.41, 5.74) is 1.89. The molecule has 142 valence electrons. The van der Waals surface area contributed by atoms with Crippen molar-refractivity contribution in [3.63, 3.8) is 0 Å². The topological polar surface area (TPSA) is 45.7 Å². The Labute approximate surface area is 168 Å². The second-order valence-electron chi connectivity index (χ2n) is 6.91. The summed E-state index contributed by atoms with van der Waals surface area (Å²) in [4.78, 5) is 21.7. The summed E-state index contributed by atoms with van der Waals surface area (Å²) in [5.74, 6) is 1.09. The SMILES string of the molecule is O=C(C1CCN(c2ccc(Cl)cn2)CC1)N1CCOCc2cc(Cl)ccc21. The summed E-state index contributed by atoms with van der Waals surface area (Å²) >= 11 is 12.0. The molecule has 0 N–H and O–H groups in total. The molecule has 0 unspecified atom stereocenters. The fourth-order valence-electron chi connectivity index (χ4n) is 3.75. The molecular weight excluding hydrogens is 385 g/mol. The van der Waals surface area contributed by atoms with Crippen LogP contribution in [-0.2, 0) is 16.1 Å². The molecule has 0 saturated carbocycles. The number of aromatic nitrogens is 1. The fraction of sp³-hybridized carbons (Fsp3) is 0.400. The molecule has 7 heteroatoms. The second-order valence-corrected chi connectivity index (χ2v) is 7.78. The molecule has 3 heterocycles. The molecule has 4 rings (SSSR count). The summed E-state index contributed by atoms with van der Waals surface area (Å²) in [7, 11) is 0. The van der Waals surface area contributed by atoms with Crippen molar-refractivity contribution in [2.75, 3.05) is 36.0 Å². The maximum atomic E-state index is 13.2. The molecule has 0 atom stereocenters. The van der Waals surface area contributed by atoms with E-state index in [1.807, 2.05) is 35.2 Å². The van der Waals surface area contributed by atoms with Crippen LogP contribution in [0.5, 0.6) is 0 Å². The predicted octanol–water partition coefficient (Wildman–Crippen LogP) is 4.17. The number of carbonyl (C=O) groups excluding carboxylic acids is 1. The number of amides is 1. The highest BCUT2D eigenvalue weighted by molar-refractivity contribution is 6.31. The number of ether oxygens (including phenoxy) is 1. The summed E-state index contributed by atoms with van der Waals surface area (Å²) in [6.45, 7) is 3.21. The first-order valence-corrected chi connectivity index (χ1v) is 9.91. The van der Waals surface area contributed by atoms with Crippen LogP contribution < -0.4 is 9.80 Å². The Morgan fingerprint density at radius 2 is 1.85 bits per heavy atom. The van der Waals surface area contributed by atoms with Crippen LogP contribution in [0, 0.1) is 5.92 Å². The number of rotatable bonds is 2. The highest BCUT2D eigenvalue weighted by Crippen LogP contribution is 2.31. The number of pyridine rings is 1. The van der Waals surface area contributed by atoms with Gasteiger partial charge in [-0.1, -0.05) is 23.2 Å². The summed E-state index contributed by atoms with van der Waals surface area (Å²) < 4.78 is 5.65. The first kappa shape index (κ1) is 18.5. The van der Waals surface area contributed by atoms with E-state index in [1.165, 1.54) is 0 Å². The van der Waals surface area contributed by atoms with Gasteiger partial charge in [-0.15, -0.1) is 0 Å². The quantitative estimate of drug-likeness (QED) is 0.751. The predicted molar refractivity (Wildman–Crippen MR) is 108 cm³/mol. The van der Waals surface area contributed by atoms with Gasteiger partial charge in [-0.2, -0.15) is 0 Å². The van der Waals surface area contributed by atoms with Gasteiger partial charge in [0.05, 0.1) is 18.2 Å². The van der Waals surface area contributed by atoms with E-state index in [1.54, 1.807) is 6.20 Å². The molecule has 5 nitrogen and oxygen atoms in total. The van der Waals surface area contributed by atoms with Crippen molar-refractivity contribution in [3.8, 4) is 0 Å². The van der Waals surface area contributed by atoms with Crippen molar-refractivity contribution >= 4 is 40.6 Å². The molecule has 2 aromatic rings. The second kappa shape index (κ2) is 8.05. The Balaban J connectivity index is 1.46. The van der Waals surface area contributed by atoms with Gasteiger partial charge in [0, 0.05) is 48.0 Å². The van der Waals surface area contributed by atoms with Crippen LogP contribution in [-0.4, -0.2) is 37.1 Å². The van der Waals surface area contributed by atoms with E-state index >= 15 is 0 Å². The standard InChI is InChI=1S/C20H21Cl2N3O2/c21-16-1-3-18-15(11-16)13-27-10-9-25(18)20(26)14-5-7-24(8-6-14)19-4-2-17(22)12-23-19/h1-4,11-12,14H,5-10,13H2. The number of hydrogen-bond acceptors (Lipinski definition) is 4. The first-order valence-electron chi connectivity index (χ1n) is 9.16. The Bertz CT molecular complexity index is 820. The number of halogens is 2. The first-order chi connectivity index (χ1) is 13.1. The normalized spacial score (nSPS) is 18.1. The molecule has 1 amide bonds. The minimum atomic E-state index is 0.00942. The van der Waals surface area contributed by atoms with Crippen LogP contribution in [0.1, 0.15) is 18.4 Å². The van der Waals surface area contributed by atoms with Crippen LogP contribution in [0.3, 0.4) is 0 Å². The third-order valence-corrected chi connectivity index (χ3v) is 5.65. The molecule has 27 heavy (non-hydrogen) atoms. The molecule has 1 saturated heterocycles. The van der Waals surface area contributed by atoms with E-state index in [-0.39, 0.29) is 11.8 Å². The van der Waals surface area contributed by atoms with Crippen molar-refractivity contribution in [3.05, 3.63) is 52.1 Å². The lowest BCUT2D eigenvalue weighted by Gasteiger charge is -2.34. The lowest BCUT2D eigenvalue weighted by Crippen LogP contribution is -2.43. The van der Waals surface area contributed by atoms with Gasteiger partial charge in [0.15, 0.2) is 0 Å². The molecule has 2 aliphatic rings. The number of benzene rings is 1. The molecular formula is C20H21Cl2N3O2. The van der Waals surface area contributed by atoms with Crippen LogP contribution in [0.25, 0.3) is 0 Å². The van der Waals surface area contributed by atoms with Crippen molar-refractivity contribution in [2.24, 2.45) is 5.92 Å². The number of hydrogen-bond donors (Lipinski definition) is 0. The number of nitrogens with zero attached hydrogens (tertiary/aromatic N) is 3. The Kier molecular flexibility index (Phi) is 5.53. The monoisotopic (exact) mass is 405 g/mol. The van der Waals surface area contributed by atoms with Gasteiger partial charge in [0.1, 0.15) is 5.82 Å². The van der Waals surface area contributed by atoms with Crippen LogP contribution in [0.2, 0.25) is 10.0 Å². The van der Waals surface area contributed by atoms with Crippen molar-refractivity contribution in [1.82, 2.24) is 4.98 Å². The molecule has 1 fully saturated rings. The average molecular weight is 406 g/mol. The summed E-state index contributed by atoms with van der Waals surface area (Å²) in [6.07, 6.45) is 3.28. The molecule has 1 aromatic carbocycles. The summed E-state index contributed by atoms with van der Waals surface area (Å²) in [6, 6.07) is 9.42. The van der Waals surface area contributed by atoms with Gasteiger partial charge < -0.3 is 14.5 Å². The molecule has 1 aromatic heterocycles. The third kappa shape index (κ3) is 4.05. The lowest BCUT2D eigenvalue weighted by molar-refractivity contribution is -0.123. The molecule has 0 bridgehead atoms. The van der Waals surface area contributed by atoms with Crippen molar-refractivity contribution < 1.29 is 9.53 Å². The van der Waals surface area contributed by atoms with Gasteiger partial charge in [0.2, 0.25) is 5.91 Å². The average Bonchev–Trinajstić information content (AvgIpc) is 2.90. The van der Waals surface area contributed by atoms with Gasteiger partial charge in [-0.3, -0.25) is 4.79 Å². The Hall–Kier alpha value is -1.82.